The number of aryl methyl sites for hydroxylation is 1. The number of rotatable bonds is 3. The van der Waals surface area contributed by atoms with E-state index in [1.165, 1.54) is 5.56 Å². The van der Waals surface area contributed by atoms with Gasteiger partial charge in [-0.1, -0.05) is 45.0 Å². The first-order valence-electron chi connectivity index (χ1n) is 8.52. The second kappa shape index (κ2) is 6.24. The molecule has 1 aromatic heterocycles. The summed E-state index contributed by atoms with van der Waals surface area (Å²) in [5, 5.41) is 13.5. The number of Topliss-reactive ketones (excluding diaryl/α,β-unsaturated/α-hetero) is 1. The van der Waals surface area contributed by atoms with Crippen LogP contribution in [-0.2, 0) is 18.4 Å². The van der Waals surface area contributed by atoms with Gasteiger partial charge in [0.15, 0.2) is 5.78 Å². The Balaban J connectivity index is 2.06. The summed E-state index contributed by atoms with van der Waals surface area (Å²) in [6.07, 6.45) is 2.72. The number of hydrogen-bond donors (Lipinski definition) is 0. The number of nitriles is 1. The first-order chi connectivity index (χ1) is 11.4. The quantitative estimate of drug-likeness (QED) is 0.847. The number of carbonyl (C=O) groups is 1. The van der Waals surface area contributed by atoms with Crippen LogP contribution in [0, 0.1) is 11.3 Å². The number of nitrogens with zero attached hydrogens (tertiary/aromatic N) is 3. The highest BCUT2D eigenvalue weighted by Gasteiger charge is 2.27. The maximum Gasteiger partial charge on any atom is 0.166 e. The Morgan fingerprint density at radius 1 is 1.21 bits per heavy atom. The normalized spacial score (nSPS) is 14.3. The average molecular weight is 321 g/mol. The highest BCUT2D eigenvalue weighted by atomic mass is 16.1. The lowest BCUT2D eigenvalue weighted by molar-refractivity contribution is 0.0972. The molecule has 0 unspecified atom stereocenters. The number of hydrogen-bond acceptors (Lipinski definition) is 3. The lowest BCUT2D eigenvalue weighted by Crippen LogP contribution is -2.14. The third-order valence-electron chi connectivity index (χ3n) is 4.61. The maximum absolute atomic E-state index is 12.5. The van der Waals surface area contributed by atoms with Crippen molar-refractivity contribution >= 4 is 5.78 Å². The Morgan fingerprint density at radius 3 is 2.54 bits per heavy atom. The van der Waals surface area contributed by atoms with Gasteiger partial charge in [-0.15, -0.1) is 0 Å². The Hall–Kier alpha value is -2.41. The van der Waals surface area contributed by atoms with Gasteiger partial charge in [0.1, 0.15) is 5.69 Å². The van der Waals surface area contributed by atoms with E-state index in [9.17, 15) is 4.79 Å². The number of ketones is 1. The van der Waals surface area contributed by atoms with E-state index in [0.717, 1.165) is 35.4 Å². The Kier molecular flexibility index (Phi) is 4.28. The number of fused-ring (bicyclic) bond motifs is 1. The van der Waals surface area contributed by atoms with Crippen molar-refractivity contribution in [3.63, 3.8) is 0 Å². The van der Waals surface area contributed by atoms with Crippen LogP contribution >= 0.6 is 0 Å². The SMILES string of the molecule is CC(C)(C)c1ccc(-c2nn(CCC#N)c3c2C(=O)CCC3)cc1. The van der Waals surface area contributed by atoms with E-state index in [-0.39, 0.29) is 11.2 Å². The first-order valence-corrected chi connectivity index (χ1v) is 8.52. The van der Waals surface area contributed by atoms with E-state index in [2.05, 4.69) is 56.2 Å². The summed E-state index contributed by atoms with van der Waals surface area (Å²) in [6, 6.07) is 10.5. The van der Waals surface area contributed by atoms with Crippen LogP contribution in [0.1, 0.15) is 61.6 Å². The third kappa shape index (κ3) is 2.99. The third-order valence-corrected chi connectivity index (χ3v) is 4.61. The first kappa shape index (κ1) is 16.4. The molecule has 1 aromatic carbocycles. The van der Waals surface area contributed by atoms with Crippen molar-refractivity contribution in [3.8, 4) is 17.3 Å². The Morgan fingerprint density at radius 2 is 1.92 bits per heavy atom. The Labute approximate surface area is 143 Å². The van der Waals surface area contributed by atoms with Crippen molar-refractivity contribution in [2.75, 3.05) is 0 Å². The monoisotopic (exact) mass is 321 g/mol. The summed E-state index contributed by atoms with van der Waals surface area (Å²) >= 11 is 0. The molecule has 0 bridgehead atoms. The van der Waals surface area contributed by atoms with Gasteiger partial charge < -0.3 is 0 Å². The highest BCUT2D eigenvalue weighted by molar-refractivity contribution is 6.03. The Bertz CT molecular complexity index is 801. The molecule has 4 nitrogen and oxygen atoms in total. The molecule has 0 radical (unpaired) electrons. The largest absolute Gasteiger partial charge is 0.294 e. The summed E-state index contributed by atoms with van der Waals surface area (Å²) in [5.41, 5.74) is 4.87. The molecule has 0 saturated carbocycles. The van der Waals surface area contributed by atoms with Crippen molar-refractivity contribution in [2.45, 2.75) is 58.4 Å². The van der Waals surface area contributed by atoms with Crippen LogP contribution in [0.3, 0.4) is 0 Å². The summed E-state index contributed by atoms with van der Waals surface area (Å²) in [7, 11) is 0. The molecule has 1 aliphatic carbocycles. The zero-order valence-electron chi connectivity index (χ0n) is 14.6. The fraction of sp³-hybridized carbons (Fsp3) is 0.450. The van der Waals surface area contributed by atoms with Gasteiger partial charge in [-0.3, -0.25) is 9.48 Å². The van der Waals surface area contributed by atoms with Crippen molar-refractivity contribution in [3.05, 3.63) is 41.1 Å². The molecule has 0 fully saturated rings. The van der Waals surface area contributed by atoms with E-state index in [1.807, 2.05) is 4.68 Å². The van der Waals surface area contributed by atoms with Gasteiger partial charge in [-0.2, -0.15) is 10.4 Å². The molecule has 0 N–H and O–H groups in total. The van der Waals surface area contributed by atoms with Gasteiger partial charge in [-0.05, 0) is 23.8 Å². The van der Waals surface area contributed by atoms with Gasteiger partial charge in [-0.25, -0.2) is 0 Å². The molecule has 0 amide bonds. The molecule has 0 aliphatic heterocycles. The van der Waals surface area contributed by atoms with Gasteiger partial charge in [0.05, 0.1) is 24.6 Å². The summed E-state index contributed by atoms with van der Waals surface area (Å²) in [4.78, 5) is 12.5. The average Bonchev–Trinajstić information content (AvgIpc) is 2.92. The lowest BCUT2D eigenvalue weighted by Gasteiger charge is -2.19. The van der Waals surface area contributed by atoms with Gasteiger partial charge in [0.2, 0.25) is 0 Å². The minimum atomic E-state index is 0.0972. The minimum Gasteiger partial charge on any atom is -0.294 e. The van der Waals surface area contributed by atoms with Crippen LogP contribution in [0.4, 0.5) is 0 Å². The molecule has 0 saturated heterocycles. The van der Waals surface area contributed by atoms with Gasteiger partial charge in [0.25, 0.3) is 0 Å². The van der Waals surface area contributed by atoms with E-state index >= 15 is 0 Å². The van der Waals surface area contributed by atoms with Crippen molar-refractivity contribution in [1.29, 1.82) is 5.26 Å². The predicted octanol–water partition coefficient (Wildman–Crippen LogP) is 4.28. The van der Waals surface area contributed by atoms with Crippen LogP contribution in [0.5, 0.6) is 0 Å². The second-order valence-corrected chi connectivity index (χ2v) is 7.41. The molecule has 1 heterocycles. The van der Waals surface area contributed by atoms with Crippen molar-refractivity contribution in [2.24, 2.45) is 0 Å². The molecular formula is C20H23N3O. The number of benzene rings is 1. The number of aromatic nitrogens is 2. The van der Waals surface area contributed by atoms with Crippen LogP contribution in [0.2, 0.25) is 0 Å². The van der Waals surface area contributed by atoms with Crippen LogP contribution in [0.15, 0.2) is 24.3 Å². The molecule has 24 heavy (non-hydrogen) atoms. The molecular weight excluding hydrogens is 298 g/mol. The fourth-order valence-electron chi connectivity index (χ4n) is 3.26. The van der Waals surface area contributed by atoms with Crippen molar-refractivity contribution < 1.29 is 4.79 Å². The van der Waals surface area contributed by atoms with E-state index in [4.69, 9.17) is 5.26 Å². The predicted molar refractivity (Wildman–Crippen MR) is 93.9 cm³/mol. The smallest absolute Gasteiger partial charge is 0.166 e. The van der Waals surface area contributed by atoms with Gasteiger partial charge >= 0.3 is 0 Å². The fourth-order valence-corrected chi connectivity index (χ4v) is 3.26. The van der Waals surface area contributed by atoms with Gasteiger partial charge in [0, 0.05) is 17.7 Å². The minimum absolute atomic E-state index is 0.0972. The summed E-state index contributed by atoms with van der Waals surface area (Å²) in [5.74, 6) is 0.175. The molecule has 4 heteroatoms. The van der Waals surface area contributed by atoms with Crippen LogP contribution < -0.4 is 0 Å². The molecule has 2 aromatic rings. The maximum atomic E-state index is 12.5. The molecule has 0 spiro atoms. The van der Waals surface area contributed by atoms with Crippen LogP contribution in [0.25, 0.3) is 11.3 Å². The van der Waals surface area contributed by atoms with Crippen molar-refractivity contribution in [1.82, 2.24) is 9.78 Å². The summed E-state index contributed by atoms with van der Waals surface area (Å²) < 4.78 is 1.86. The zero-order chi connectivity index (χ0) is 17.3. The number of carbonyl (C=O) groups excluding carboxylic acids is 1. The van der Waals surface area contributed by atoms with E-state index in [0.29, 0.717) is 19.4 Å². The molecule has 124 valence electrons. The molecule has 1 aliphatic rings. The molecule has 0 atom stereocenters. The second-order valence-electron chi connectivity index (χ2n) is 7.41. The standard InChI is InChI=1S/C20H23N3O/c1-20(2,3)15-10-8-14(9-11-15)19-18-16(6-4-7-17(18)24)23(22-19)13-5-12-21/h8-11H,4-7,13H2,1-3H3. The van der Waals surface area contributed by atoms with Crippen LogP contribution in [-0.4, -0.2) is 15.6 Å². The lowest BCUT2D eigenvalue weighted by atomic mass is 9.86. The van der Waals surface area contributed by atoms with E-state index in [1.54, 1.807) is 0 Å². The van der Waals surface area contributed by atoms with E-state index < -0.39 is 0 Å². The molecule has 3 rings (SSSR count). The summed E-state index contributed by atoms with van der Waals surface area (Å²) in [6.45, 7) is 7.10. The highest BCUT2D eigenvalue weighted by Crippen LogP contribution is 2.32. The topological polar surface area (TPSA) is 58.7 Å². The zero-order valence-corrected chi connectivity index (χ0v) is 14.6.